The minimum absolute atomic E-state index is 0.0223. The zero-order valence-corrected chi connectivity index (χ0v) is 12.4. The van der Waals surface area contributed by atoms with Gasteiger partial charge >= 0.3 is 0 Å². The highest BCUT2D eigenvalue weighted by atomic mass is 35.5. The fourth-order valence-corrected chi connectivity index (χ4v) is 3.20. The maximum Gasteiger partial charge on any atom is 0.159 e. The van der Waals surface area contributed by atoms with E-state index in [1.165, 1.54) is 12.3 Å². The number of carbonyl (C=O) groups is 1. The van der Waals surface area contributed by atoms with Gasteiger partial charge < -0.3 is 4.98 Å². The molecule has 4 heteroatoms. The molecule has 3 rings (SSSR count). The summed E-state index contributed by atoms with van der Waals surface area (Å²) in [5.41, 5.74) is 1.74. The van der Waals surface area contributed by atoms with Crippen molar-refractivity contribution in [3.63, 3.8) is 0 Å². The second-order valence-electron chi connectivity index (χ2n) is 4.52. The molecule has 0 aliphatic carbocycles. The van der Waals surface area contributed by atoms with Gasteiger partial charge in [-0.05, 0) is 31.2 Å². The molecule has 3 aromatic rings. The third kappa shape index (κ3) is 2.60. The molecule has 100 valence electrons. The molecule has 0 bridgehead atoms. The lowest BCUT2D eigenvalue weighted by Gasteiger charge is -2.04. The quantitative estimate of drug-likeness (QED) is 0.676. The van der Waals surface area contributed by atoms with Crippen LogP contribution in [0.4, 0.5) is 0 Å². The van der Waals surface area contributed by atoms with E-state index in [1.54, 1.807) is 23.9 Å². The van der Waals surface area contributed by atoms with Gasteiger partial charge in [0.1, 0.15) is 0 Å². The second-order valence-corrected chi connectivity index (χ2v) is 6.02. The summed E-state index contributed by atoms with van der Waals surface area (Å²) in [6, 6.07) is 15.6. The molecule has 0 radical (unpaired) electrons. The van der Waals surface area contributed by atoms with Crippen LogP contribution in [-0.4, -0.2) is 10.8 Å². The van der Waals surface area contributed by atoms with Gasteiger partial charge in [-0.25, -0.2) is 0 Å². The van der Waals surface area contributed by atoms with E-state index in [-0.39, 0.29) is 5.78 Å². The summed E-state index contributed by atoms with van der Waals surface area (Å²) < 4.78 is 0. The molecule has 2 nitrogen and oxygen atoms in total. The summed E-state index contributed by atoms with van der Waals surface area (Å²) in [4.78, 5) is 15.6. The number of Topliss-reactive ketones (excluding diaryl/α,β-unsaturated/α-hetero) is 1. The first-order chi connectivity index (χ1) is 9.63. The zero-order valence-electron chi connectivity index (χ0n) is 10.8. The summed E-state index contributed by atoms with van der Waals surface area (Å²) in [6.45, 7) is 1.54. The number of fused-ring (bicyclic) bond motifs is 1. The SMILES string of the molecule is CC(=O)c1ccc(Sc2cc3ccccc3[nH]2)c(Cl)c1. The van der Waals surface area contributed by atoms with Gasteiger partial charge in [-0.2, -0.15) is 0 Å². The van der Waals surface area contributed by atoms with Crippen LogP contribution in [0.3, 0.4) is 0 Å². The summed E-state index contributed by atoms with van der Waals surface area (Å²) in [5, 5.41) is 2.80. The Bertz CT molecular complexity index is 761. The lowest BCUT2D eigenvalue weighted by Crippen LogP contribution is -1.91. The number of hydrogen-bond donors (Lipinski definition) is 1. The molecule has 0 aliphatic heterocycles. The molecule has 0 saturated carbocycles. The van der Waals surface area contributed by atoms with Crippen molar-refractivity contribution in [2.45, 2.75) is 16.8 Å². The largest absolute Gasteiger partial charge is 0.349 e. The van der Waals surface area contributed by atoms with Crippen LogP contribution in [0.1, 0.15) is 17.3 Å². The molecule has 0 spiro atoms. The number of aromatic nitrogens is 1. The Hall–Kier alpha value is -1.71. The van der Waals surface area contributed by atoms with Crippen LogP contribution >= 0.6 is 23.4 Å². The Balaban J connectivity index is 1.92. The molecular formula is C16H12ClNOS. The highest BCUT2D eigenvalue weighted by Gasteiger charge is 2.08. The molecule has 2 aromatic carbocycles. The van der Waals surface area contributed by atoms with Gasteiger partial charge in [0.15, 0.2) is 5.78 Å². The predicted molar refractivity (Wildman–Crippen MR) is 83.9 cm³/mol. The third-order valence-electron chi connectivity index (χ3n) is 3.06. The van der Waals surface area contributed by atoms with Crippen LogP contribution in [0.15, 0.2) is 58.5 Å². The monoisotopic (exact) mass is 301 g/mol. The Morgan fingerprint density at radius 3 is 2.65 bits per heavy atom. The number of H-pyrrole nitrogens is 1. The predicted octanol–water partition coefficient (Wildman–Crippen LogP) is 5.18. The molecule has 1 N–H and O–H groups in total. The van der Waals surface area contributed by atoms with E-state index in [1.807, 2.05) is 24.3 Å². The topological polar surface area (TPSA) is 32.9 Å². The fraction of sp³-hybridized carbons (Fsp3) is 0.0625. The van der Waals surface area contributed by atoms with Crippen molar-refractivity contribution in [3.8, 4) is 0 Å². The van der Waals surface area contributed by atoms with Gasteiger partial charge in [0.25, 0.3) is 0 Å². The maximum atomic E-state index is 11.3. The van der Waals surface area contributed by atoms with E-state index >= 15 is 0 Å². The third-order valence-corrected chi connectivity index (χ3v) is 4.50. The molecule has 0 amide bonds. The molecule has 0 aliphatic rings. The molecule has 1 aromatic heterocycles. The number of carbonyl (C=O) groups excluding carboxylic acids is 1. The number of aromatic amines is 1. The molecule has 0 unspecified atom stereocenters. The van der Waals surface area contributed by atoms with E-state index in [0.29, 0.717) is 10.6 Å². The Kier molecular flexibility index (Phi) is 3.55. The smallest absolute Gasteiger partial charge is 0.159 e. The van der Waals surface area contributed by atoms with Gasteiger partial charge in [0, 0.05) is 21.4 Å². The van der Waals surface area contributed by atoms with Crippen molar-refractivity contribution >= 4 is 40.0 Å². The van der Waals surface area contributed by atoms with Gasteiger partial charge in [0.05, 0.1) is 10.0 Å². The first-order valence-electron chi connectivity index (χ1n) is 6.19. The maximum absolute atomic E-state index is 11.3. The van der Waals surface area contributed by atoms with Crippen LogP contribution in [0.25, 0.3) is 10.9 Å². The number of hydrogen-bond acceptors (Lipinski definition) is 2. The Morgan fingerprint density at radius 1 is 1.15 bits per heavy atom. The van der Waals surface area contributed by atoms with E-state index < -0.39 is 0 Å². The minimum atomic E-state index is 0.0223. The molecular weight excluding hydrogens is 290 g/mol. The first kappa shape index (κ1) is 13.3. The fourth-order valence-electron chi connectivity index (χ4n) is 2.02. The zero-order chi connectivity index (χ0) is 14.1. The lowest BCUT2D eigenvalue weighted by molar-refractivity contribution is 0.101. The average Bonchev–Trinajstić information content (AvgIpc) is 2.83. The Labute approximate surface area is 126 Å². The summed E-state index contributed by atoms with van der Waals surface area (Å²) >= 11 is 7.80. The van der Waals surface area contributed by atoms with E-state index in [2.05, 4.69) is 17.1 Å². The van der Waals surface area contributed by atoms with Crippen LogP contribution < -0.4 is 0 Å². The molecule has 0 atom stereocenters. The van der Waals surface area contributed by atoms with Crippen molar-refractivity contribution < 1.29 is 4.79 Å². The van der Waals surface area contributed by atoms with Gasteiger partial charge in [-0.1, -0.05) is 47.6 Å². The van der Waals surface area contributed by atoms with Crippen molar-refractivity contribution in [1.29, 1.82) is 0 Å². The van der Waals surface area contributed by atoms with Crippen LogP contribution in [0.2, 0.25) is 5.02 Å². The summed E-state index contributed by atoms with van der Waals surface area (Å²) in [7, 11) is 0. The highest BCUT2D eigenvalue weighted by Crippen LogP contribution is 2.34. The molecule has 0 saturated heterocycles. The number of benzene rings is 2. The van der Waals surface area contributed by atoms with E-state index in [0.717, 1.165) is 15.4 Å². The van der Waals surface area contributed by atoms with Crippen LogP contribution in [0.5, 0.6) is 0 Å². The summed E-state index contributed by atoms with van der Waals surface area (Å²) in [5.74, 6) is 0.0223. The number of para-hydroxylation sites is 1. The van der Waals surface area contributed by atoms with Gasteiger partial charge in [-0.15, -0.1) is 0 Å². The van der Waals surface area contributed by atoms with E-state index in [4.69, 9.17) is 11.6 Å². The van der Waals surface area contributed by atoms with Crippen LogP contribution in [0, 0.1) is 0 Å². The van der Waals surface area contributed by atoms with E-state index in [9.17, 15) is 4.79 Å². The highest BCUT2D eigenvalue weighted by molar-refractivity contribution is 7.99. The normalized spacial score (nSPS) is 10.9. The number of ketones is 1. The lowest BCUT2D eigenvalue weighted by atomic mass is 10.1. The second kappa shape index (κ2) is 5.35. The minimum Gasteiger partial charge on any atom is -0.349 e. The number of rotatable bonds is 3. The first-order valence-corrected chi connectivity index (χ1v) is 7.39. The summed E-state index contributed by atoms with van der Waals surface area (Å²) in [6.07, 6.45) is 0. The van der Waals surface area contributed by atoms with Gasteiger partial charge in [0.2, 0.25) is 0 Å². The van der Waals surface area contributed by atoms with Crippen molar-refractivity contribution in [2.75, 3.05) is 0 Å². The van der Waals surface area contributed by atoms with Gasteiger partial charge in [-0.3, -0.25) is 4.79 Å². The van der Waals surface area contributed by atoms with Crippen LogP contribution in [-0.2, 0) is 0 Å². The van der Waals surface area contributed by atoms with Crippen molar-refractivity contribution in [2.24, 2.45) is 0 Å². The Morgan fingerprint density at radius 2 is 1.95 bits per heavy atom. The standard InChI is InChI=1S/C16H12ClNOS/c1-10(19)11-6-7-15(13(17)8-11)20-16-9-12-4-2-3-5-14(12)18-16/h2-9,18H,1H3. The van der Waals surface area contributed by atoms with Crippen molar-refractivity contribution in [1.82, 2.24) is 4.98 Å². The number of nitrogens with one attached hydrogen (secondary N) is 1. The van der Waals surface area contributed by atoms with Crippen molar-refractivity contribution in [3.05, 3.63) is 59.1 Å². The number of halogens is 1. The molecule has 20 heavy (non-hydrogen) atoms. The molecule has 1 heterocycles. The average molecular weight is 302 g/mol. The molecule has 0 fully saturated rings.